The number of ether oxygens (including phenoxy) is 3. The van der Waals surface area contributed by atoms with Crippen LogP contribution in [0.1, 0.15) is 17.5 Å². The van der Waals surface area contributed by atoms with Crippen LogP contribution in [0.15, 0.2) is 51.8 Å². The molecule has 1 aliphatic rings. The molecule has 31 heavy (non-hydrogen) atoms. The molecule has 3 rings (SSSR count). The van der Waals surface area contributed by atoms with Crippen molar-refractivity contribution in [3.8, 4) is 11.5 Å². The molecule has 0 unspecified atom stereocenters. The molecule has 1 fully saturated rings. The van der Waals surface area contributed by atoms with E-state index in [4.69, 9.17) is 21.7 Å². The van der Waals surface area contributed by atoms with Crippen molar-refractivity contribution in [3.63, 3.8) is 0 Å². The molecule has 9 heteroatoms. The fourth-order valence-corrected chi connectivity index (χ4v) is 4.36. The van der Waals surface area contributed by atoms with Gasteiger partial charge in [0.25, 0.3) is 5.91 Å². The summed E-state index contributed by atoms with van der Waals surface area (Å²) in [7, 11) is 2.88. The number of hydrogen-bond donors (Lipinski definition) is 0. The maximum atomic E-state index is 12.7. The summed E-state index contributed by atoms with van der Waals surface area (Å²) in [6, 6.07) is 13.3. The first-order valence-electron chi connectivity index (χ1n) is 9.28. The first-order valence-corrected chi connectivity index (χ1v) is 11.3. The highest BCUT2D eigenvalue weighted by Crippen LogP contribution is 2.35. The van der Waals surface area contributed by atoms with Gasteiger partial charge in [0.2, 0.25) is 0 Å². The monoisotopic (exact) mass is 521 g/mol. The molecule has 1 amide bonds. The van der Waals surface area contributed by atoms with Crippen LogP contribution in [0.5, 0.6) is 11.5 Å². The highest BCUT2D eigenvalue weighted by atomic mass is 79.9. The van der Waals surface area contributed by atoms with Gasteiger partial charge in [0.1, 0.15) is 10.9 Å². The molecule has 2 aromatic rings. The maximum absolute atomic E-state index is 12.7. The molecule has 1 aliphatic heterocycles. The molecular weight excluding hydrogens is 502 g/mol. The molecule has 0 atom stereocenters. The average Bonchev–Trinajstić information content (AvgIpc) is 3.04. The van der Waals surface area contributed by atoms with Crippen LogP contribution in [0.3, 0.4) is 0 Å². The summed E-state index contributed by atoms with van der Waals surface area (Å²) in [6.07, 6.45) is 1.84. The Kier molecular flexibility index (Phi) is 8.11. The number of carbonyl (C=O) groups excluding carboxylic acids is 2. The van der Waals surface area contributed by atoms with Crippen molar-refractivity contribution in [2.75, 3.05) is 20.8 Å². The van der Waals surface area contributed by atoms with E-state index in [0.29, 0.717) is 27.3 Å². The van der Waals surface area contributed by atoms with Gasteiger partial charge in [-0.25, -0.2) is 0 Å². The Bertz CT molecular complexity index is 1020. The zero-order chi connectivity index (χ0) is 22.4. The van der Waals surface area contributed by atoms with E-state index in [2.05, 4.69) is 20.7 Å². The van der Waals surface area contributed by atoms with Crippen molar-refractivity contribution in [1.82, 2.24) is 4.90 Å². The summed E-state index contributed by atoms with van der Waals surface area (Å²) in [5.74, 6) is 0.551. The summed E-state index contributed by atoms with van der Waals surface area (Å²) >= 11 is 9.90. The molecule has 6 nitrogen and oxygen atoms in total. The molecule has 1 heterocycles. The van der Waals surface area contributed by atoms with Crippen molar-refractivity contribution in [2.24, 2.45) is 0 Å². The van der Waals surface area contributed by atoms with Crippen molar-refractivity contribution in [3.05, 3.63) is 63.0 Å². The number of hydrogen-bond acceptors (Lipinski definition) is 7. The molecule has 0 aromatic heterocycles. The number of carbonyl (C=O) groups is 2. The fraction of sp³-hybridized carbons (Fsp3) is 0.227. The highest BCUT2D eigenvalue weighted by Gasteiger charge is 2.32. The topological polar surface area (TPSA) is 65.1 Å². The first-order chi connectivity index (χ1) is 14.9. The van der Waals surface area contributed by atoms with Gasteiger partial charge in [0, 0.05) is 11.0 Å². The predicted molar refractivity (Wildman–Crippen MR) is 128 cm³/mol. The van der Waals surface area contributed by atoms with E-state index in [1.54, 1.807) is 19.3 Å². The van der Waals surface area contributed by atoms with Crippen molar-refractivity contribution >= 4 is 62.2 Å². The third-order valence-electron chi connectivity index (χ3n) is 4.43. The predicted octanol–water partition coefficient (Wildman–Crippen LogP) is 4.80. The van der Waals surface area contributed by atoms with Gasteiger partial charge in [0.15, 0.2) is 11.5 Å². The maximum Gasteiger partial charge on any atom is 0.307 e. The smallest absolute Gasteiger partial charge is 0.307 e. The summed E-state index contributed by atoms with van der Waals surface area (Å²) < 4.78 is 17.4. The van der Waals surface area contributed by atoms with Gasteiger partial charge in [-0.3, -0.25) is 14.5 Å². The van der Waals surface area contributed by atoms with E-state index >= 15 is 0 Å². The molecule has 0 aliphatic carbocycles. The average molecular weight is 522 g/mol. The van der Waals surface area contributed by atoms with Crippen LogP contribution in [-0.4, -0.2) is 41.9 Å². The number of thioether (sulfide) groups is 1. The SMILES string of the molecule is COC(=O)CCN1C(=O)/C(=C\c2ccc(OCc3ccc(Br)cc3)c(OC)c2)SC1=S. The molecule has 0 bridgehead atoms. The Morgan fingerprint density at radius 1 is 1.16 bits per heavy atom. The number of nitrogens with zero attached hydrogens (tertiary/aromatic N) is 1. The lowest BCUT2D eigenvalue weighted by Crippen LogP contribution is -2.30. The Hall–Kier alpha value is -2.36. The molecule has 162 valence electrons. The number of halogens is 1. The van der Waals surface area contributed by atoms with Gasteiger partial charge < -0.3 is 14.2 Å². The van der Waals surface area contributed by atoms with Gasteiger partial charge in [-0.2, -0.15) is 0 Å². The van der Waals surface area contributed by atoms with Crippen LogP contribution in [0.4, 0.5) is 0 Å². The summed E-state index contributed by atoms with van der Waals surface area (Å²) in [4.78, 5) is 25.9. The number of benzene rings is 2. The number of thiocarbonyl (C=S) groups is 1. The minimum absolute atomic E-state index is 0.0917. The zero-order valence-electron chi connectivity index (χ0n) is 16.9. The van der Waals surface area contributed by atoms with Crippen LogP contribution in [0.2, 0.25) is 0 Å². The fourth-order valence-electron chi connectivity index (χ4n) is 2.78. The molecule has 0 spiro atoms. The van der Waals surface area contributed by atoms with Gasteiger partial charge in [-0.1, -0.05) is 58.1 Å². The van der Waals surface area contributed by atoms with Crippen LogP contribution >= 0.6 is 39.9 Å². The van der Waals surface area contributed by atoms with E-state index in [0.717, 1.165) is 15.6 Å². The number of esters is 1. The minimum atomic E-state index is -0.388. The van der Waals surface area contributed by atoms with E-state index in [1.807, 2.05) is 36.4 Å². The number of amides is 1. The van der Waals surface area contributed by atoms with Crippen molar-refractivity contribution < 1.29 is 23.8 Å². The molecule has 2 aromatic carbocycles. The molecule has 0 saturated carbocycles. The third kappa shape index (κ3) is 6.09. The van der Waals surface area contributed by atoms with E-state index in [-0.39, 0.29) is 24.8 Å². The van der Waals surface area contributed by atoms with E-state index < -0.39 is 0 Å². The second-order valence-corrected chi connectivity index (χ2v) is 9.08. The van der Waals surface area contributed by atoms with Crippen molar-refractivity contribution in [2.45, 2.75) is 13.0 Å². The highest BCUT2D eigenvalue weighted by molar-refractivity contribution is 9.10. The second kappa shape index (κ2) is 10.8. The Morgan fingerprint density at radius 2 is 1.90 bits per heavy atom. The zero-order valence-corrected chi connectivity index (χ0v) is 20.1. The Balaban J connectivity index is 1.70. The lowest BCUT2D eigenvalue weighted by molar-refractivity contribution is -0.140. The van der Waals surface area contributed by atoms with Crippen LogP contribution in [0.25, 0.3) is 6.08 Å². The van der Waals surface area contributed by atoms with Crippen LogP contribution in [0, 0.1) is 0 Å². The summed E-state index contributed by atoms with van der Waals surface area (Å²) in [5.41, 5.74) is 1.81. The Labute approximate surface area is 198 Å². The van der Waals surface area contributed by atoms with E-state index in [1.165, 1.54) is 23.8 Å². The van der Waals surface area contributed by atoms with E-state index in [9.17, 15) is 9.59 Å². The van der Waals surface area contributed by atoms with Crippen molar-refractivity contribution in [1.29, 1.82) is 0 Å². The largest absolute Gasteiger partial charge is 0.493 e. The molecule has 0 N–H and O–H groups in total. The second-order valence-electron chi connectivity index (χ2n) is 6.48. The molecule has 0 radical (unpaired) electrons. The quantitative estimate of drug-likeness (QED) is 0.280. The minimum Gasteiger partial charge on any atom is -0.493 e. The van der Waals surface area contributed by atoms with Crippen LogP contribution in [-0.2, 0) is 20.9 Å². The number of rotatable bonds is 8. The van der Waals surface area contributed by atoms with Gasteiger partial charge >= 0.3 is 5.97 Å². The summed E-state index contributed by atoms with van der Waals surface area (Å²) in [5, 5.41) is 0. The molecule has 1 saturated heterocycles. The first kappa shape index (κ1) is 23.3. The normalized spacial score (nSPS) is 14.8. The van der Waals surface area contributed by atoms with Gasteiger partial charge in [-0.15, -0.1) is 0 Å². The van der Waals surface area contributed by atoms with Crippen LogP contribution < -0.4 is 9.47 Å². The lowest BCUT2D eigenvalue weighted by atomic mass is 10.1. The number of methoxy groups -OCH3 is 2. The standard InChI is InChI=1S/C22H20BrNO5S2/c1-27-18-11-15(5-8-17(18)29-13-14-3-6-16(23)7-4-14)12-19-21(26)24(22(30)31-19)10-9-20(25)28-2/h3-8,11-12H,9-10,13H2,1-2H3/b19-12+. The lowest BCUT2D eigenvalue weighted by Gasteiger charge is -2.13. The molecular formula is C22H20BrNO5S2. The summed E-state index contributed by atoms with van der Waals surface area (Å²) in [6.45, 7) is 0.600. The van der Waals surface area contributed by atoms with Gasteiger partial charge in [-0.05, 0) is 41.5 Å². The third-order valence-corrected chi connectivity index (χ3v) is 6.34. The Morgan fingerprint density at radius 3 is 2.58 bits per heavy atom. The van der Waals surface area contributed by atoms with Gasteiger partial charge in [0.05, 0.1) is 25.5 Å².